The molecule has 2 aromatic heterocycles. The fourth-order valence-electron chi connectivity index (χ4n) is 2.40. The summed E-state index contributed by atoms with van der Waals surface area (Å²) in [6.07, 6.45) is 0.292. The second-order valence-electron chi connectivity index (χ2n) is 6.43. The van der Waals surface area contributed by atoms with E-state index in [1.165, 1.54) is 0 Å². The molecule has 0 unspecified atom stereocenters. The van der Waals surface area contributed by atoms with E-state index in [4.69, 9.17) is 4.52 Å². The van der Waals surface area contributed by atoms with Crippen LogP contribution < -0.4 is 0 Å². The molecule has 1 aromatic carbocycles. The van der Waals surface area contributed by atoms with Gasteiger partial charge >= 0.3 is 0 Å². The van der Waals surface area contributed by atoms with Crippen molar-refractivity contribution in [1.82, 2.24) is 35.2 Å². The Morgan fingerprint density at radius 3 is 2.58 bits per heavy atom. The van der Waals surface area contributed by atoms with E-state index in [9.17, 15) is 4.79 Å². The minimum absolute atomic E-state index is 0.0211. The average Bonchev–Trinajstić information content (AvgIpc) is 3.24. The van der Waals surface area contributed by atoms with Crippen molar-refractivity contribution in [3.8, 4) is 5.69 Å². The highest BCUT2D eigenvalue weighted by Crippen LogP contribution is 2.13. The highest BCUT2D eigenvalue weighted by atomic mass is 16.5. The van der Waals surface area contributed by atoms with Gasteiger partial charge in [0, 0.05) is 13.0 Å². The molecule has 0 saturated heterocycles. The summed E-state index contributed by atoms with van der Waals surface area (Å²) >= 11 is 0. The Morgan fingerprint density at radius 2 is 2.00 bits per heavy atom. The van der Waals surface area contributed by atoms with Crippen LogP contribution in [-0.4, -0.2) is 48.2 Å². The van der Waals surface area contributed by atoms with Gasteiger partial charge < -0.3 is 9.42 Å². The number of carbonyl (C=O) groups is 1. The van der Waals surface area contributed by atoms with Crippen LogP contribution in [0.3, 0.4) is 0 Å². The summed E-state index contributed by atoms with van der Waals surface area (Å²) in [6.45, 7) is 6.10. The van der Waals surface area contributed by atoms with Crippen LogP contribution in [0.4, 0.5) is 0 Å². The molecule has 0 fully saturated rings. The van der Waals surface area contributed by atoms with Crippen LogP contribution in [0, 0.1) is 6.92 Å². The average molecular weight is 355 g/mol. The van der Waals surface area contributed by atoms with Gasteiger partial charge in [-0.05, 0) is 35.0 Å². The van der Waals surface area contributed by atoms with Crippen molar-refractivity contribution < 1.29 is 9.32 Å². The third-order valence-corrected chi connectivity index (χ3v) is 3.94. The number of rotatable bonds is 6. The molecular formula is C17H21N7O2. The summed E-state index contributed by atoms with van der Waals surface area (Å²) in [6, 6.07) is 7.57. The first-order valence-corrected chi connectivity index (χ1v) is 8.34. The molecule has 26 heavy (non-hydrogen) atoms. The molecule has 9 heteroatoms. The quantitative estimate of drug-likeness (QED) is 0.662. The van der Waals surface area contributed by atoms with Gasteiger partial charge in [-0.3, -0.25) is 4.79 Å². The van der Waals surface area contributed by atoms with Gasteiger partial charge in [-0.2, -0.15) is 9.67 Å². The van der Waals surface area contributed by atoms with Crippen LogP contribution in [-0.2, 0) is 17.8 Å². The maximum Gasteiger partial charge on any atom is 0.229 e. The largest absolute Gasteiger partial charge is 0.339 e. The normalized spacial score (nSPS) is 11.1. The Labute approximate surface area is 151 Å². The van der Waals surface area contributed by atoms with Crippen LogP contribution in [0.2, 0.25) is 0 Å². The summed E-state index contributed by atoms with van der Waals surface area (Å²) < 4.78 is 6.80. The topological polar surface area (TPSA) is 103 Å². The monoisotopic (exact) mass is 355 g/mol. The highest BCUT2D eigenvalue weighted by molar-refractivity contribution is 5.78. The van der Waals surface area contributed by atoms with Crippen LogP contribution in [0.25, 0.3) is 5.69 Å². The second-order valence-corrected chi connectivity index (χ2v) is 6.43. The number of nitrogens with zero attached hydrogens (tertiary/aromatic N) is 7. The zero-order valence-corrected chi connectivity index (χ0v) is 15.2. The number of hydrogen-bond donors (Lipinski definition) is 0. The fourth-order valence-corrected chi connectivity index (χ4v) is 2.40. The third-order valence-electron chi connectivity index (χ3n) is 3.94. The van der Waals surface area contributed by atoms with Gasteiger partial charge in [0.05, 0.1) is 18.7 Å². The molecule has 0 aliphatic carbocycles. The van der Waals surface area contributed by atoms with Crippen molar-refractivity contribution in [2.75, 3.05) is 7.05 Å². The van der Waals surface area contributed by atoms with Gasteiger partial charge in [0.25, 0.3) is 0 Å². The smallest absolute Gasteiger partial charge is 0.229 e. The molecule has 3 rings (SSSR count). The molecule has 2 heterocycles. The Kier molecular flexibility index (Phi) is 5.06. The van der Waals surface area contributed by atoms with E-state index in [1.807, 2.05) is 45.0 Å². The van der Waals surface area contributed by atoms with Gasteiger partial charge in [0.15, 0.2) is 11.6 Å². The maximum atomic E-state index is 12.4. The van der Waals surface area contributed by atoms with Crippen molar-refractivity contribution >= 4 is 5.91 Å². The number of hydrogen-bond acceptors (Lipinski definition) is 7. The van der Waals surface area contributed by atoms with E-state index in [-0.39, 0.29) is 11.8 Å². The Bertz CT molecular complexity index is 883. The van der Waals surface area contributed by atoms with E-state index in [2.05, 4.69) is 25.7 Å². The van der Waals surface area contributed by atoms with Gasteiger partial charge in [-0.1, -0.05) is 31.1 Å². The molecular weight excluding hydrogens is 334 g/mol. The van der Waals surface area contributed by atoms with Crippen LogP contribution >= 0.6 is 0 Å². The van der Waals surface area contributed by atoms with Crippen molar-refractivity contribution in [2.45, 2.75) is 39.7 Å². The number of benzene rings is 1. The molecule has 1 amide bonds. The van der Waals surface area contributed by atoms with Crippen LogP contribution in [0.15, 0.2) is 28.8 Å². The summed E-state index contributed by atoms with van der Waals surface area (Å²) in [5.41, 5.74) is 1.76. The minimum atomic E-state index is -0.0211. The summed E-state index contributed by atoms with van der Waals surface area (Å²) in [4.78, 5) is 18.3. The minimum Gasteiger partial charge on any atom is -0.339 e. The van der Waals surface area contributed by atoms with Gasteiger partial charge in [-0.25, -0.2) is 0 Å². The molecule has 0 atom stereocenters. The summed E-state index contributed by atoms with van der Waals surface area (Å²) in [5, 5.41) is 15.3. The molecule has 9 nitrogen and oxygen atoms in total. The van der Waals surface area contributed by atoms with E-state index in [0.717, 1.165) is 11.3 Å². The lowest BCUT2D eigenvalue weighted by atomic mass is 10.1. The standard InChI is InChI=1S/C17H21N7O2/c1-11(2)17-18-15(20-26-17)10-23(4)16(25)9-13-5-7-14(8-6-13)24-12(3)19-21-22-24/h5-8,11H,9-10H2,1-4H3. The molecule has 0 aliphatic rings. The number of likely N-dealkylation sites (N-methyl/N-ethyl adjacent to an activating group) is 1. The predicted octanol–water partition coefficient (Wildman–Crippen LogP) is 1.68. The summed E-state index contributed by atoms with van der Waals surface area (Å²) in [7, 11) is 1.73. The Hall–Kier alpha value is -3.10. The van der Waals surface area contributed by atoms with Gasteiger partial charge in [0.1, 0.15) is 0 Å². The Morgan fingerprint density at radius 1 is 1.27 bits per heavy atom. The lowest BCUT2D eigenvalue weighted by molar-refractivity contribution is -0.129. The SMILES string of the molecule is Cc1nnnn1-c1ccc(CC(=O)N(C)Cc2noc(C(C)C)n2)cc1. The molecule has 0 spiro atoms. The number of amides is 1. The molecule has 136 valence electrons. The van der Waals surface area contributed by atoms with Crippen molar-refractivity contribution in [1.29, 1.82) is 0 Å². The third kappa shape index (κ3) is 3.93. The lowest BCUT2D eigenvalue weighted by Gasteiger charge is -2.15. The maximum absolute atomic E-state index is 12.4. The fraction of sp³-hybridized carbons (Fsp3) is 0.412. The number of tetrazole rings is 1. The molecule has 0 N–H and O–H groups in total. The lowest BCUT2D eigenvalue weighted by Crippen LogP contribution is -2.28. The van der Waals surface area contributed by atoms with Crippen molar-refractivity contribution in [2.24, 2.45) is 0 Å². The zero-order chi connectivity index (χ0) is 18.7. The van der Waals surface area contributed by atoms with E-state index in [1.54, 1.807) is 16.6 Å². The zero-order valence-electron chi connectivity index (χ0n) is 15.2. The van der Waals surface area contributed by atoms with E-state index < -0.39 is 0 Å². The van der Waals surface area contributed by atoms with Gasteiger partial charge in [0.2, 0.25) is 11.8 Å². The number of aromatic nitrogens is 6. The van der Waals surface area contributed by atoms with Crippen molar-refractivity contribution in [3.63, 3.8) is 0 Å². The Balaban J connectivity index is 1.60. The highest BCUT2D eigenvalue weighted by Gasteiger charge is 2.15. The van der Waals surface area contributed by atoms with Crippen molar-refractivity contribution in [3.05, 3.63) is 47.4 Å². The first kappa shape index (κ1) is 17.7. The summed E-state index contributed by atoms with van der Waals surface area (Å²) in [5.74, 6) is 1.93. The van der Waals surface area contributed by atoms with Crippen LogP contribution in [0.1, 0.15) is 42.9 Å². The molecule has 3 aromatic rings. The van der Waals surface area contributed by atoms with E-state index in [0.29, 0.717) is 30.5 Å². The molecule has 0 bridgehead atoms. The first-order valence-electron chi connectivity index (χ1n) is 8.34. The number of aryl methyl sites for hydroxylation is 1. The molecule has 0 radical (unpaired) electrons. The second kappa shape index (κ2) is 7.42. The molecule has 0 saturated carbocycles. The predicted molar refractivity (Wildman–Crippen MR) is 92.5 cm³/mol. The van der Waals surface area contributed by atoms with E-state index >= 15 is 0 Å². The van der Waals surface area contributed by atoms with Gasteiger partial charge in [-0.15, -0.1) is 5.10 Å². The molecule has 0 aliphatic heterocycles. The number of carbonyl (C=O) groups excluding carboxylic acids is 1. The first-order chi connectivity index (χ1) is 12.4. The van der Waals surface area contributed by atoms with Crippen LogP contribution in [0.5, 0.6) is 0 Å².